The molecule has 5 nitrogen and oxygen atoms in total. The quantitative estimate of drug-likeness (QED) is 0.667. The SMILES string of the molecule is CC1CCCCN1CCNc1ccc([N+](=O)[O-])cc1Cl. The zero-order valence-corrected chi connectivity index (χ0v) is 12.4. The van der Waals surface area contributed by atoms with Crippen LogP contribution < -0.4 is 5.32 Å². The van der Waals surface area contributed by atoms with Crippen molar-refractivity contribution in [2.24, 2.45) is 0 Å². The number of halogens is 1. The third kappa shape index (κ3) is 3.84. The molecule has 1 heterocycles. The molecular formula is C14H20ClN3O2. The second-order valence-electron chi connectivity index (χ2n) is 5.23. The van der Waals surface area contributed by atoms with E-state index >= 15 is 0 Å². The number of nitro benzene ring substituents is 1. The van der Waals surface area contributed by atoms with Crippen molar-refractivity contribution in [2.45, 2.75) is 32.2 Å². The number of rotatable bonds is 5. The Bertz CT molecular complexity index is 481. The molecule has 0 radical (unpaired) electrons. The Labute approximate surface area is 124 Å². The molecule has 6 heteroatoms. The van der Waals surface area contributed by atoms with Crippen LogP contribution in [0.15, 0.2) is 18.2 Å². The van der Waals surface area contributed by atoms with Crippen molar-refractivity contribution in [3.8, 4) is 0 Å². The van der Waals surface area contributed by atoms with E-state index in [0.717, 1.165) is 25.3 Å². The van der Waals surface area contributed by atoms with Gasteiger partial charge in [0.1, 0.15) is 0 Å². The lowest BCUT2D eigenvalue weighted by Gasteiger charge is -2.33. The number of hydrogen-bond donors (Lipinski definition) is 1. The zero-order chi connectivity index (χ0) is 14.5. The summed E-state index contributed by atoms with van der Waals surface area (Å²) in [6.45, 7) is 5.17. The number of benzene rings is 1. The van der Waals surface area contributed by atoms with Gasteiger partial charge in [-0.25, -0.2) is 0 Å². The van der Waals surface area contributed by atoms with Gasteiger partial charge in [-0.3, -0.25) is 15.0 Å². The van der Waals surface area contributed by atoms with Crippen LogP contribution in [0.5, 0.6) is 0 Å². The first kappa shape index (κ1) is 15.1. The van der Waals surface area contributed by atoms with Gasteiger partial charge in [-0.05, 0) is 32.4 Å². The van der Waals surface area contributed by atoms with Crippen LogP contribution in [0.1, 0.15) is 26.2 Å². The summed E-state index contributed by atoms with van der Waals surface area (Å²) in [5.41, 5.74) is 0.770. The molecule has 2 rings (SSSR count). The van der Waals surface area contributed by atoms with E-state index in [1.165, 1.54) is 31.4 Å². The van der Waals surface area contributed by atoms with Crippen molar-refractivity contribution in [3.63, 3.8) is 0 Å². The zero-order valence-electron chi connectivity index (χ0n) is 11.6. The molecule has 0 spiro atoms. The van der Waals surface area contributed by atoms with Gasteiger partial charge in [0.05, 0.1) is 15.6 Å². The van der Waals surface area contributed by atoms with E-state index in [1.807, 2.05) is 0 Å². The molecule has 1 unspecified atom stereocenters. The highest BCUT2D eigenvalue weighted by Crippen LogP contribution is 2.26. The van der Waals surface area contributed by atoms with Crippen LogP contribution >= 0.6 is 11.6 Å². The van der Waals surface area contributed by atoms with Crippen molar-refractivity contribution in [1.29, 1.82) is 0 Å². The number of nitrogens with one attached hydrogen (secondary N) is 1. The van der Waals surface area contributed by atoms with E-state index in [4.69, 9.17) is 11.6 Å². The van der Waals surface area contributed by atoms with Crippen molar-refractivity contribution in [3.05, 3.63) is 33.3 Å². The average molecular weight is 298 g/mol. The van der Waals surface area contributed by atoms with Gasteiger partial charge in [0.2, 0.25) is 0 Å². The van der Waals surface area contributed by atoms with Gasteiger partial charge >= 0.3 is 0 Å². The molecule has 0 aliphatic carbocycles. The number of hydrogen-bond acceptors (Lipinski definition) is 4. The fourth-order valence-electron chi connectivity index (χ4n) is 2.58. The van der Waals surface area contributed by atoms with Crippen LogP contribution in [0, 0.1) is 10.1 Å². The predicted molar refractivity (Wildman–Crippen MR) is 81.5 cm³/mol. The van der Waals surface area contributed by atoms with Gasteiger partial charge in [-0.2, -0.15) is 0 Å². The van der Waals surface area contributed by atoms with E-state index in [2.05, 4.69) is 17.1 Å². The first-order valence-electron chi connectivity index (χ1n) is 7.00. The maximum Gasteiger partial charge on any atom is 0.271 e. The van der Waals surface area contributed by atoms with Gasteiger partial charge in [0, 0.05) is 31.3 Å². The summed E-state index contributed by atoms with van der Waals surface area (Å²) in [4.78, 5) is 12.7. The normalized spacial score (nSPS) is 19.8. The largest absolute Gasteiger partial charge is 0.383 e. The topological polar surface area (TPSA) is 58.4 Å². The third-order valence-electron chi connectivity index (χ3n) is 3.82. The van der Waals surface area contributed by atoms with Crippen molar-refractivity contribution >= 4 is 23.0 Å². The summed E-state index contributed by atoms with van der Waals surface area (Å²) >= 11 is 6.04. The van der Waals surface area contributed by atoms with Crippen LogP contribution in [0.3, 0.4) is 0 Å². The molecule has 1 aliphatic rings. The maximum absolute atomic E-state index is 10.6. The fourth-order valence-corrected chi connectivity index (χ4v) is 2.83. The molecule has 1 aliphatic heterocycles. The minimum absolute atomic E-state index is 0.0187. The van der Waals surface area contributed by atoms with Crippen LogP contribution in [-0.2, 0) is 0 Å². The lowest BCUT2D eigenvalue weighted by atomic mass is 10.0. The van der Waals surface area contributed by atoms with Crippen LogP contribution in [0.4, 0.5) is 11.4 Å². The van der Waals surface area contributed by atoms with E-state index in [1.54, 1.807) is 6.07 Å². The Morgan fingerprint density at radius 1 is 1.50 bits per heavy atom. The summed E-state index contributed by atoms with van der Waals surface area (Å²) in [7, 11) is 0. The molecule has 20 heavy (non-hydrogen) atoms. The van der Waals surface area contributed by atoms with Crippen molar-refractivity contribution in [2.75, 3.05) is 25.0 Å². The number of non-ortho nitro benzene ring substituents is 1. The molecule has 1 N–H and O–H groups in total. The molecule has 1 aromatic carbocycles. The highest BCUT2D eigenvalue weighted by Gasteiger charge is 2.17. The molecule has 1 fully saturated rings. The summed E-state index contributed by atoms with van der Waals surface area (Å²) in [5.74, 6) is 0. The number of anilines is 1. The first-order chi connectivity index (χ1) is 9.58. The smallest absolute Gasteiger partial charge is 0.271 e. The van der Waals surface area contributed by atoms with Crippen LogP contribution in [0.2, 0.25) is 5.02 Å². The fraction of sp³-hybridized carbons (Fsp3) is 0.571. The van der Waals surface area contributed by atoms with Gasteiger partial charge in [-0.15, -0.1) is 0 Å². The van der Waals surface area contributed by atoms with Crippen LogP contribution in [0.25, 0.3) is 0 Å². The summed E-state index contributed by atoms with van der Waals surface area (Å²) < 4.78 is 0. The molecule has 0 aromatic heterocycles. The standard InChI is InChI=1S/C14H20ClN3O2/c1-11-4-2-3-8-17(11)9-7-16-14-6-5-12(18(19)20)10-13(14)15/h5-6,10-11,16H,2-4,7-9H2,1H3. The van der Waals surface area contributed by atoms with Crippen LogP contribution in [-0.4, -0.2) is 35.5 Å². The molecule has 0 bridgehead atoms. The number of likely N-dealkylation sites (tertiary alicyclic amines) is 1. The Kier molecular flexibility index (Phi) is 5.20. The van der Waals surface area contributed by atoms with Gasteiger partial charge in [-0.1, -0.05) is 18.0 Å². The highest BCUT2D eigenvalue weighted by molar-refractivity contribution is 6.33. The maximum atomic E-state index is 10.6. The number of nitro groups is 1. The van der Waals surface area contributed by atoms with E-state index < -0.39 is 4.92 Å². The molecule has 1 aromatic rings. The first-order valence-corrected chi connectivity index (χ1v) is 7.37. The minimum atomic E-state index is -0.439. The van der Waals surface area contributed by atoms with E-state index in [-0.39, 0.29) is 5.69 Å². The second-order valence-corrected chi connectivity index (χ2v) is 5.64. The third-order valence-corrected chi connectivity index (χ3v) is 4.13. The second kappa shape index (κ2) is 6.90. The van der Waals surface area contributed by atoms with Gasteiger partial charge < -0.3 is 5.32 Å². The summed E-state index contributed by atoms with van der Waals surface area (Å²) in [5, 5.41) is 14.3. The van der Waals surface area contributed by atoms with Crippen molar-refractivity contribution < 1.29 is 4.92 Å². The van der Waals surface area contributed by atoms with Crippen molar-refractivity contribution in [1.82, 2.24) is 4.90 Å². The Balaban J connectivity index is 1.86. The molecular weight excluding hydrogens is 278 g/mol. The number of nitrogens with zero attached hydrogens (tertiary/aromatic N) is 2. The summed E-state index contributed by atoms with van der Waals surface area (Å²) in [6, 6.07) is 5.16. The predicted octanol–water partition coefficient (Wildman–Crippen LogP) is 3.53. The lowest BCUT2D eigenvalue weighted by Crippen LogP contribution is -2.40. The Morgan fingerprint density at radius 3 is 2.95 bits per heavy atom. The molecule has 1 atom stereocenters. The summed E-state index contributed by atoms with van der Waals surface area (Å²) in [6.07, 6.45) is 3.85. The average Bonchev–Trinajstić information content (AvgIpc) is 2.42. The van der Waals surface area contributed by atoms with E-state index in [0.29, 0.717) is 11.1 Å². The molecule has 0 saturated carbocycles. The lowest BCUT2D eigenvalue weighted by molar-refractivity contribution is -0.384. The molecule has 0 amide bonds. The monoisotopic (exact) mass is 297 g/mol. The molecule has 110 valence electrons. The Hall–Kier alpha value is -1.33. The van der Waals surface area contributed by atoms with Gasteiger partial charge in [0.25, 0.3) is 5.69 Å². The van der Waals surface area contributed by atoms with E-state index in [9.17, 15) is 10.1 Å². The van der Waals surface area contributed by atoms with Gasteiger partial charge in [0.15, 0.2) is 0 Å². The number of piperidine rings is 1. The highest BCUT2D eigenvalue weighted by atomic mass is 35.5. The molecule has 1 saturated heterocycles. The minimum Gasteiger partial charge on any atom is -0.383 e. The Morgan fingerprint density at radius 2 is 2.30 bits per heavy atom.